The second kappa shape index (κ2) is 7.52. The molecule has 1 saturated carbocycles. The lowest BCUT2D eigenvalue weighted by Gasteiger charge is -2.35. The van der Waals surface area contributed by atoms with Gasteiger partial charge in [-0.15, -0.1) is 0 Å². The summed E-state index contributed by atoms with van der Waals surface area (Å²) in [6, 6.07) is 6.97. The van der Waals surface area contributed by atoms with Crippen molar-refractivity contribution in [2.45, 2.75) is 59.1 Å². The van der Waals surface area contributed by atoms with Crippen molar-refractivity contribution >= 4 is 16.9 Å². The summed E-state index contributed by atoms with van der Waals surface area (Å²) < 4.78 is 11.0. The van der Waals surface area contributed by atoms with Gasteiger partial charge in [0, 0.05) is 23.6 Å². The van der Waals surface area contributed by atoms with E-state index < -0.39 is 11.7 Å². The Kier molecular flexibility index (Phi) is 5.35. The molecule has 0 aliphatic heterocycles. The Morgan fingerprint density at radius 3 is 2.81 bits per heavy atom. The fourth-order valence-corrected chi connectivity index (χ4v) is 3.72. The number of rotatable bonds is 4. The van der Waals surface area contributed by atoms with E-state index in [2.05, 4.69) is 19.2 Å². The highest BCUT2D eigenvalue weighted by Gasteiger charge is 2.29. The molecule has 1 aliphatic rings. The van der Waals surface area contributed by atoms with Crippen LogP contribution in [-0.2, 0) is 4.79 Å². The molecule has 5 nitrogen and oxygen atoms in total. The zero-order valence-corrected chi connectivity index (χ0v) is 15.9. The number of aryl methyl sites for hydroxylation is 1. The highest BCUT2D eigenvalue weighted by atomic mass is 16.5. The molecule has 0 spiro atoms. The highest BCUT2D eigenvalue weighted by Crippen LogP contribution is 2.29. The number of fused-ring (bicyclic) bond motifs is 1. The van der Waals surface area contributed by atoms with E-state index in [-0.39, 0.29) is 11.9 Å². The third kappa shape index (κ3) is 3.92. The topological polar surface area (TPSA) is 68.5 Å². The van der Waals surface area contributed by atoms with Gasteiger partial charge in [-0.25, -0.2) is 4.79 Å². The SMILES string of the molecule is Cc1cc(=O)oc2cc(O[C@H](C)C(=O)N[C@@H]3CCC[C@H](C)[C@@H]3C)ccc12. The van der Waals surface area contributed by atoms with Crippen molar-refractivity contribution in [3.8, 4) is 5.75 Å². The molecular weight excluding hydrogens is 330 g/mol. The molecule has 3 rings (SSSR count). The third-order valence-corrected chi connectivity index (χ3v) is 5.64. The Balaban J connectivity index is 1.69. The molecule has 5 heteroatoms. The van der Waals surface area contributed by atoms with Gasteiger partial charge in [0.25, 0.3) is 5.91 Å². The molecule has 1 N–H and O–H groups in total. The summed E-state index contributed by atoms with van der Waals surface area (Å²) in [5, 5.41) is 4.00. The van der Waals surface area contributed by atoms with Crippen LogP contribution in [0.2, 0.25) is 0 Å². The smallest absolute Gasteiger partial charge is 0.336 e. The van der Waals surface area contributed by atoms with Crippen molar-refractivity contribution in [1.82, 2.24) is 5.32 Å². The molecule has 1 fully saturated rings. The van der Waals surface area contributed by atoms with Gasteiger partial charge in [0.1, 0.15) is 11.3 Å². The Bertz CT molecular complexity index is 857. The second-order valence-electron chi connectivity index (χ2n) is 7.55. The first-order valence-corrected chi connectivity index (χ1v) is 9.36. The summed E-state index contributed by atoms with van der Waals surface area (Å²) in [4.78, 5) is 24.1. The van der Waals surface area contributed by atoms with Crippen molar-refractivity contribution in [2.75, 3.05) is 0 Å². The third-order valence-electron chi connectivity index (χ3n) is 5.64. The van der Waals surface area contributed by atoms with Gasteiger partial charge in [-0.1, -0.05) is 26.7 Å². The molecule has 2 aromatic rings. The minimum Gasteiger partial charge on any atom is -0.481 e. The number of hydrogen-bond donors (Lipinski definition) is 1. The fraction of sp³-hybridized carbons (Fsp3) is 0.524. The fourth-order valence-electron chi connectivity index (χ4n) is 3.72. The molecule has 26 heavy (non-hydrogen) atoms. The lowest BCUT2D eigenvalue weighted by Crippen LogP contribution is -2.48. The molecule has 0 saturated heterocycles. The normalized spacial score (nSPS) is 24.2. The maximum atomic E-state index is 12.5. The van der Waals surface area contributed by atoms with E-state index in [9.17, 15) is 9.59 Å². The van der Waals surface area contributed by atoms with Gasteiger partial charge >= 0.3 is 5.63 Å². The number of amides is 1. The van der Waals surface area contributed by atoms with E-state index in [1.165, 1.54) is 12.5 Å². The Hall–Kier alpha value is -2.30. The van der Waals surface area contributed by atoms with Crippen LogP contribution in [0.25, 0.3) is 11.0 Å². The van der Waals surface area contributed by atoms with E-state index in [1.807, 2.05) is 13.0 Å². The molecule has 1 aliphatic carbocycles. The summed E-state index contributed by atoms with van der Waals surface area (Å²) in [5.74, 6) is 1.50. The number of carbonyl (C=O) groups excluding carboxylic acids is 1. The van der Waals surface area contributed by atoms with Crippen LogP contribution >= 0.6 is 0 Å². The highest BCUT2D eigenvalue weighted by molar-refractivity contribution is 5.83. The molecule has 0 unspecified atom stereocenters. The van der Waals surface area contributed by atoms with Gasteiger partial charge in [0.05, 0.1) is 0 Å². The van der Waals surface area contributed by atoms with Crippen LogP contribution in [0.1, 0.15) is 45.6 Å². The number of benzene rings is 1. The van der Waals surface area contributed by atoms with Crippen LogP contribution in [0.3, 0.4) is 0 Å². The van der Waals surface area contributed by atoms with Gasteiger partial charge < -0.3 is 14.5 Å². The van der Waals surface area contributed by atoms with Crippen molar-refractivity contribution in [3.63, 3.8) is 0 Å². The minimum atomic E-state index is -0.617. The van der Waals surface area contributed by atoms with Gasteiger partial charge in [-0.3, -0.25) is 4.79 Å². The summed E-state index contributed by atoms with van der Waals surface area (Å²) in [5.41, 5.74) is 0.933. The zero-order valence-electron chi connectivity index (χ0n) is 15.9. The molecule has 4 atom stereocenters. The lowest BCUT2D eigenvalue weighted by molar-refractivity contribution is -0.128. The summed E-state index contributed by atoms with van der Waals surface area (Å²) in [6.45, 7) is 8.05. The van der Waals surface area contributed by atoms with Crippen LogP contribution < -0.4 is 15.7 Å². The Morgan fingerprint density at radius 2 is 2.04 bits per heavy atom. The van der Waals surface area contributed by atoms with Gasteiger partial charge in [-0.05, 0) is 49.8 Å². The molecule has 1 aromatic heterocycles. The maximum Gasteiger partial charge on any atom is 0.336 e. The first-order chi connectivity index (χ1) is 12.3. The minimum absolute atomic E-state index is 0.109. The molecule has 0 radical (unpaired) electrons. The molecule has 1 amide bonds. The molecular formula is C21H27NO4. The Labute approximate surface area is 153 Å². The van der Waals surface area contributed by atoms with Gasteiger partial charge in [-0.2, -0.15) is 0 Å². The quantitative estimate of drug-likeness (QED) is 0.845. The van der Waals surface area contributed by atoms with Crippen molar-refractivity contribution in [2.24, 2.45) is 11.8 Å². The predicted octanol–water partition coefficient (Wildman–Crippen LogP) is 3.81. The van der Waals surface area contributed by atoms with E-state index in [1.54, 1.807) is 19.1 Å². The van der Waals surface area contributed by atoms with E-state index in [0.29, 0.717) is 23.2 Å². The summed E-state index contributed by atoms with van der Waals surface area (Å²) >= 11 is 0. The maximum absolute atomic E-state index is 12.5. The zero-order chi connectivity index (χ0) is 18.8. The van der Waals surface area contributed by atoms with Crippen molar-refractivity contribution in [1.29, 1.82) is 0 Å². The van der Waals surface area contributed by atoms with Gasteiger partial charge in [0.15, 0.2) is 6.10 Å². The van der Waals surface area contributed by atoms with Crippen LogP contribution in [0.15, 0.2) is 33.5 Å². The molecule has 1 aromatic carbocycles. The standard InChI is InChI=1S/C21H27NO4/c1-12-6-5-7-18(14(12)3)22-21(24)15(4)25-16-8-9-17-13(2)10-20(23)26-19(17)11-16/h8-12,14-15,18H,5-7H2,1-4H3,(H,22,24)/t12-,14-,15+,18+/m0/s1. The van der Waals surface area contributed by atoms with Gasteiger partial charge in [0.2, 0.25) is 0 Å². The number of nitrogens with one attached hydrogen (secondary N) is 1. The lowest BCUT2D eigenvalue weighted by atomic mass is 9.78. The summed E-state index contributed by atoms with van der Waals surface area (Å²) in [7, 11) is 0. The average Bonchev–Trinajstić information content (AvgIpc) is 2.58. The van der Waals surface area contributed by atoms with Crippen molar-refractivity contribution < 1.29 is 13.9 Å². The number of hydrogen-bond acceptors (Lipinski definition) is 4. The van der Waals surface area contributed by atoms with E-state index >= 15 is 0 Å². The largest absolute Gasteiger partial charge is 0.481 e. The number of ether oxygens (including phenoxy) is 1. The molecule has 140 valence electrons. The van der Waals surface area contributed by atoms with E-state index in [0.717, 1.165) is 23.8 Å². The van der Waals surface area contributed by atoms with Crippen LogP contribution in [-0.4, -0.2) is 18.1 Å². The second-order valence-corrected chi connectivity index (χ2v) is 7.55. The van der Waals surface area contributed by atoms with Crippen LogP contribution in [0.4, 0.5) is 0 Å². The van der Waals surface area contributed by atoms with Crippen LogP contribution in [0.5, 0.6) is 5.75 Å². The summed E-state index contributed by atoms with van der Waals surface area (Å²) in [6.07, 6.45) is 2.77. The first kappa shape index (κ1) is 18.5. The van der Waals surface area contributed by atoms with Crippen molar-refractivity contribution in [3.05, 3.63) is 40.2 Å². The molecule has 1 heterocycles. The van der Waals surface area contributed by atoms with E-state index in [4.69, 9.17) is 9.15 Å². The monoisotopic (exact) mass is 357 g/mol. The predicted molar refractivity (Wildman–Crippen MR) is 101 cm³/mol. The number of carbonyl (C=O) groups is 1. The van der Waals surface area contributed by atoms with Crippen LogP contribution in [0, 0.1) is 18.8 Å². The average molecular weight is 357 g/mol. The first-order valence-electron chi connectivity index (χ1n) is 9.36. The Morgan fingerprint density at radius 1 is 1.27 bits per heavy atom. The molecule has 0 bridgehead atoms.